The number of hydrogen-bond donors (Lipinski definition) is 1. The van der Waals surface area contributed by atoms with Gasteiger partial charge in [-0.25, -0.2) is 4.79 Å². The number of para-hydroxylation sites is 1. The van der Waals surface area contributed by atoms with E-state index in [0.717, 1.165) is 12.8 Å². The van der Waals surface area contributed by atoms with Gasteiger partial charge in [0.1, 0.15) is 16.9 Å². The molecule has 1 atom stereocenters. The molecule has 0 aliphatic carbocycles. The van der Waals surface area contributed by atoms with Gasteiger partial charge in [-0.1, -0.05) is 35.3 Å². The molecule has 2 aromatic rings. The van der Waals surface area contributed by atoms with Crippen molar-refractivity contribution in [3.05, 3.63) is 52.8 Å². The lowest BCUT2D eigenvalue weighted by Crippen LogP contribution is -2.46. The molecule has 0 radical (unpaired) electrons. The Bertz CT molecular complexity index is 726. The van der Waals surface area contributed by atoms with Gasteiger partial charge in [0.15, 0.2) is 0 Å². The lowest BCUT2D eigenvalue weighted by Gasteiger charge is -2.33. The van der Waals surface area contributed by atoms with Crippen LogP contribution in [0.2, 0.25) is 10.0 Å². The summed E-state index contributed by atoms with van der Waals surface area (Å²) in [4.78, 5) is 18.1. The summed E-state index contributed by atoms with van der Waals surface area (Å²) in [5, 5.41) is 3.82. The number of ether oxygens (including phenoxy) is 1. The number of rotatable bonds is 3. The predicted octanol–water partition coefficient (Wildman–Crippen LogP) is 4.46. The first kappa shape index (κ1) is 16.9. The Balaban J connectivity index is 1.62. The molecule has 1 aromatic carbocycles. The molecule has 7 heteroatoms. The van der Waals surface area contributed by atoms with Gasteiger partial charge in [-0.15, -0.1) is 0 Å². The lowest BCUT2D eigenvalue weighted by atomic mass is 10.1. The van der Waals surface area contributed by atoms with Gasteiger partial charge in [-0.05, 0) is 25.0 Å². The molecule has 1 aliphatic heterocycles. The maximum atomic E-state index is 12.4. The number of likely N-dealkylation sites (tertiary alicyclic amines) is 1. The zero-order valence-corrected chi connectivity index (χ0v) is 14.4. The molecule has 0 spiro atoms. The molecular formula is C17H17Cl2N3O2. The number of anilines is 1. The van der Waals surface area contributed by atoms with Crippen molar-refractivity contribution in [2.24, 2.45) is 0 Å². The predicted molar refractivity (Wildman–Crippen MR) is 94.9 cm³/mol. The number of aromatic nitrogens is 1. The van der Waals surface area contributed by atoms with E-state index in [1.54, 1.807) is 35.5 Å². The average molecular weight is 366 g/mol. The maximum Gasteiger partial charge on any atom is 0.322 e. The number of pyridine rings is 1. The van der Waals surface area contributed by atoms with Crippen LogP contribution in [0.25, 0.3) is 0 Å². The van der Waals surface area contributed by atoms with Crippen molar-refractivity contribution in [1.29, 1.82) is 0 Å². The van der Waals surface area contributed by atoms with Gasteiger partial charge >= 0.3 is 6.03 Å². The number of amides is 2. The summed E-state index contributed by atoms with van der Waals surface area (Å²) in [7, 11) is 0. The third-order valence-corrected chi connectivity index (χ3v) is 4.42. The van der Waals surface area contributed by atoms with Crippen LogP contribution in [-0.4, -0.2) is 35.1 Å². The largest absolute Gasteiger partial charge is 0.487 e. The van der Waals surface area contributed by atoms with Gasteiger partial charge < -0.3 is 15.0 Å². The minimum atomic E-state index is -0.183. The second-order valence-corrected chi connectivity index (χ2v) is 6.36. The van der Waals surface area contributed by atoms with E-state index in [1.165, 1.54) is 0 Å². The summed E-state index contributed by atoms with van der Waals surface area (Å²) >= 11 is 12.2. The molecule has 1 aliphatic rings. The number of carbonyl (C=O) groups excluding carboxylic acids is 1. The first-order chi connectivity index (χ1) is 11.6. The topological polar surface area (TPSA) is 54.5 Å². The summed E-state index contributed by atoms with van der Waals surface area (Å²) in [6, 6.07) is 8.71. The van der Waals surface area contributed by atoms with Crippen LogP contribution in [0.15, 0.2) is 42.7 Å². The molecule has 24 heavy (non-hydrogen) atoms. The number of hydrogen-bond acceptors (Lipinski definition) is 3. The number of urea groups is 1. The van der Waals surface area contributed by atoms with Crippen LogP contribution < -0.4 is 10.1 Å². The molecule has 0 unspecified atom stereocenters. The molecule has 1 aromatic heterocycles. The van der Waals surface area contributed by atoms with Crippen LogP contribution in [0.3, 0.4) is 0 Å². The van der Waals surface area contributed by atoms with Crippen molar-refractivity contribution < 1.29 is 9.53 Å². The standard InChI is InChI=1S/C17H17Cl2N3O2/c18-13-5-1-2-6-15(13)21-17(23)22-9-3-4-12(11-22)24-16-7-8-20-10-14(16)19/h1-2,5-8,10,12H,3-4,9,11H2,(H,21,23)/t12-/m0/s1. The van der Waals surface area contributed by atoms with Crippen molar-refractivity contribution in [2.75, 3.05) is 18.4 Å². The molecule has 2 amide bonds. The van der Waals surface area contributed by atoms with Crippen LogP contribution >= 0.6 is 23.2 Å². The smallest absolute Gasteiger partial charge is 0.322 e. The Morgan fingerprint density at radius 1 is 1.25 bits per heavy atom. The number of carbonyl (C=O) groups is 1. The maximum absolute atomic E-state index is 12.4. The van der Waals surface area contributed by atoms with Crippen molar-refractivity contribution >= 4 is 34.9 Å². The zero-order chi connectivity index (χ0) is 16.9. The lowest BCUT2D eigenvalue weighted by molar-refractivity contribution is 0.106. The van der Waals surface area contributed by atoms with E-state index in [2.05, 4.69) is 10.3 Å². The molecule has 126 valence electrons. The van der Waals surface area contributed by atoms with Gasteiger partial charge in [-0.2, -0.15) is 0 Å². The van der Waals surface area contributed by atoms with Crippen molar-refractivity contribution in [3.63, 3.8) is 0 Å². The second kappa shape index (κ2) is 7.73. The first-order valence-electron chi connectivity index (χ1n) is 7.70. The monoisotopic (exact) mass is 365 g/mol. The summed E-state index contributed by atoms with van der Waals surface area (Å²) in [5.41, 5.74) is 0.601. The Kier molecular flexibility index (Phi) is 5.43. The quantitative estimate of drug-likeness (QED) is 0.873. The van der Waals surface area contributed by atoms with Crippen molar-refractivity contribution in [3.8, 4) is 5.75 Å². The number of nitrogens with zero attached hydrogens (tertiary/aromatic N) is 2. The van der Waals surface area contributed by atoms with E-state index in [4.69, 9.17) is 27.9 Å². The Morgan fingerprint density at radius 3 is 2.88 bits per heavy atom. The Labute approximate surface area is 150 Å². The Morgan fingerprint density at radius 2 is 2.08 bits per heavy atom. The van der Waals surface area contributed by atoms with E-state index in [0.29, 0.717) is 34.6 Å². The van der Waals surface area contributed by atoms with Crippen molar-refractivity contribution in [2.45, 2.75) is 18.9 Å². The fraction of sp³-hybridized carbons (Fsp3) is 0.294. The molecule has 0 bridgehead atoms. The zero-order valence-electron chi connectivity index (χ0n) is 12.9. The minimum absolute atomic E-state index is 0.101. The van der Waals surface area contributed by atoms with E-state index in [9.17, 15) is 4.79 Å². The van der Waals surface area contributed by atoms with E-state index >= 15 is 0 Å². The highest BCUT2D eigenvalue weighted by atomic mass is 35.5. The second-order valence-electron chi connectivity index (χ2n) is 5.54. The molecule has 5 nitrogen and oxygen atoms in total. The average Bonchev–Trinajstić information content (AvgIpc) is 2.59. The fourth-order valence-corrected chi connectivity index (χ4v) is 2.96. The normalized spacial score (nSPS) is 17.4. The van der Waals surface area contributed by atoms with E-state index in [-0.39, 0.29) is 12.1 Å². The highest BCUT2D eigenvalue weighted by Crippen LogP contribution is 2.26. The summed E-state index contributed by atoms with van der Waals surface area (Å²) in [6.07, 6.45) is 4.81. The van der Waals surface area contributed by atoms with Crippen molar-refractivity contribution in [1.82, 2.24) is 9.88 Å². The van der Waals surface area contributed by atoms with Crippen LogP contribution in [0.4, 0.5) is 10.5 Å². The van der Waals surface area contributed by atoms with Gasteiger partial charge in [0.25, 0.3) is 0 Å². The number of benzene rings is 1. The van der Waals surface area contributed by atoms with Gasteiger partial charge in [0.2, 0.25) is 0 Å². The van der Waals surface area contributed by atoms with Gasteiger partial charge in [0.05, 0.1) is 17.3 Å². The summed E-state index contributed by atoms with van der Waals surface area (Å²) in [5.74, 6) is 0.588. The van der Waals surface area contributed by atoms with Crippen LogP contribution in [0.1, 0.15) is 12.8 Å². The van der Waals surface area contributed by atoms with E-state index < -0.39 is 0 Å². The van der Waals surface area contributed by atoms with E-state index in [1.807, 2.05) is 12.1 Å². The molecule has 1 N–H and O–H groups in total. The highest BCUT2D eigenvalue weighted by Gasteiger charge is 2.25. The third kappa shape index (κ3) is 4.10. The fourth-order valence-electron chi connectivity index (χ4n) is 2.61. The summed E-state index contributed by atoms with van der Waals surface area (Å²) < 4.78 is 5.92. The molecule has 3 rings (SSSR count). The van der Waals surface area contributed by atoms with Crippen LogP contribution in [0, 0.1) is 0 Å². The highest BCUT2D eigenvalue weighted by molar-refractivity contribution is 6.33. The Hall–Kier alpha value is -1.98. The molecule has 1 fully saturated rings. The van der Waals surface area contributed by atoms with Crippen LogP contribution in [0.5, 0.6) is 5.75 Å². The molecular weight excluding hydrogens is 349 g/mol. The summed E-state index contributed by atoms with van der Waals surface area (Å²) in [6.45, 7) is 1.18. The molecule has 2 heterocycles. The first-order valence-corrected chi connectivity index (χ1v) is 8.45. The van der Waals surface area contributed by atoms with Gasteiger partial charge in [0, 0.05) is 25.0 Å². The number of halogens is 2. The van der Waals surface area contributed by atoms with Gasteiger partial charge in [-0.3, -0.25) is 4.98 Å². The minimum Gasteiger partial charge on any atom is -0.487 e. The number of nitrogens with one attached hydrogen (secondary N) is 1. The molecule has 1 saturated heterocycles. The third-order valence-electron chi connectivity index (χ3n) is 3.81. The molecule has 0 saturated carbocycles. The van der Waals surface area contributed by atoms with Crippen LogP contribution in [-0.2, 0) is 0 Å². The number of piperidine rings is 1. The SMILES string of the molecule is O=C(Nc1ccccc1Cl)N1CCC[C@H](Oc2ccncc2Cl)C1.